The van der Waals surface area contributed by atoms with Crippen molar-refractivity contribution >= 4 is 33.0 Å². The summed E-state index contributed by atoms with van der Waals surface area (Å²) in [7, 11) is 0. The first-order valence-corrected chi connectivity index (χ1v) is 14.3. The van der Waals surface area contributed by atoms with Gasteiger partial charge in [-0.25, -0.2) is 53.9 Å². The molecule has 0 N–H and O–H groups in total. The number of fused-ring (bicyclic) bond motifs is 3. The van der Waals surface area contributed by atoms with E-state index in [4.69, 9.17) is 8.83 Å². The molecule has 248 valence electrons. The molecule has 0 bridgehead atoms. The van der Waals surface area contributed by atoms with Crippen molar-refractivity contribution in [3.8, 4) is 45.2 Å². The monoisotopic (exact) mass is 694 g/mol. The van der Waals surface area contributed by atoms with Gasteiger partial charge in [0.25, 0.3) is 0 Å². The minimum atomic E-state index is -2.26. The standard InChI is InChI=1S/C36H12F10N2O2/c37-25-23(26(38)30(42)33(45)29(25)41)13-1-5-15(6-2-13)35-47-19-9-17-12-22-20(10-18(17)11-21(19)49-35)48-36(50-22)16-7-3-14(4-8-16)24-27(39)31(43)34(46)32(44)28(24)40/h1-12H. The van der Waals surface area contributed by atoms with E-state index in [2.05, 4.69) is 9.97 Å². The summed E-state index contributed by atoms with van der Waals surface area (Å²) in [6, 6.07) is 16.8. The third-order valence-electron chi connectivity index (χ3n) is 8.11. The molecule has 8 aromatic rings. The minimum Gasteiger partial charge on any atom is -0.436 e. The van der Waals surface area contributed by atoms with Crippen molar-refractivity contribution in [2.24, 2.45) is 0 Å². The highest BCUT2D eigenvalue weighted by Crippen LogP contribution is 2.37. The maximum absolute atomic E-state index is 14.3. The Morgan fingerprint density at radius 2 is 0.620 bits per heavy atom. The second-order valence-corrected chi connectivity index (χ2v) is 11.1. The van der Waals surface area contributed by atoms with Crippen LogP contribution >= 0.6 is 0 Å². The van der Waals surface area contributed by atoms with Crippen LogP contribution in [0.5, 0.6) is 0 Å². The number of aromatic nitrogens is 2. The first kappa shape index (κ1) is 31.1. The summed E-state index contributed by atoms with van der Waals surface area (Å²) in [6.07, 6.45) is 0. The number of rotatable bonds is 4. The SMILES string of the molecule is Fc1c(F)c(F)c(-c2ccc(-c3nc4cc5cc6oc(-c7ccc(-c8c(F)c(F)c(F)c(F)c8F)cc7)nc6cc5cc4o3)cc2)c(F)c1F. The molecule has 0 saturated heterocycles. The van der Waals surface area contributed by atoms with E-state index >= 15 is 0 Å². The van der Waals surface area contributed by atoms with E-state index in [9.17, 15) is 43.9 Å². The molecular formula is C36H12F10N2O2. The first-order chi connectivity index (χ1) is 23.9. The Balaban J connectivity index is 1.10. The lowest BCUT2D eigenvalue weighted by Gasteiger charge is -2.08. The Kier molecular flexibility index (Phi) is 6.96. The largest absolute Gasteiger partial charge is 0.436 e. The molecule has 0 aliphatic carbocycles. The van der Waals surface area contributed by atoms with Gasteiger partial charge in [0.15, 0.2) is 57.7 Å². The van der Waals surface area contributed by atoms with Gasteiger partial charge in [0, 0.05) is 11.1 Å². The van der Waals surface area contributed by atoms with Crippen LogP contribution in [0.1, 0.15) is 0 Å². The van der Waals surface area contributed by atoms with Crippen LogP contribution in [0.4, 0.5) is 43.9 Å². The molecule has 0 spiro atoms. The van der Waals surface area contributed by atoms with Crippen LogP contribution < -0.4 is 0 Å². The predicted molar refractivity (Wildman–Crippen MR) is 160 cm³/mol. The third kappa shape index (κ3) is 4.70. The zero-order chi connectivity index (χ0) is 35.2. The Morgan fingerprint density at radius 1 is 0.340 bits per heavy atom. The smallest absolute Gasteiger partial charge is 0.227 e. The predicted octanol–water partition coefficient (Wildman–Crippen LogP) is 11.2. The number of hydrogen-bond acceptors (Lipinski definition) is 4. The highest BCUT2D eigenvalue weighted by atomic mass is 19.2. The van der Waals surface area contributed by atoms with Crippen molar-refractivity contribution in [3.63, 3.8) is 0 Å². The summed E-state index contributed by atoms with van der Waals surface area (Å²) < 4.78 is 151. The van der Waals surface area contributed by atoms with Crippen LogP contribution in [0.25, 0.3) is 78.1 Å². The summed E-state index contributed by atoms with van der Waals surface area (Å²) in [5, 5.41) is 1.33. The summed E-state index contributed by atoms with van der Waals surface area (Å²) in [5.41, 5.74) is -0.415. The molecule has 2 aromatic heterocycles. The fraction of sp³-hybridized carbons (Fsp3) is 0. The van der Waals surface area contributed by atoms with Gasteiger partial charge in [0.05, 0.1) is 11.1 Å². The van der Waals surface area contributed by atoms with Gasteiger partial charge in [-0.3, -0.25) is 0 Å². The molecule has 6 aromatic carbocycles. The molecule has 0 unspecified atom stereocenters. The Morgan fingerprint density at radius 3 is 0.940 bits per heavy atom. The normalized spacial score (nSPS) is 11.8. The minimum absolute atomic E-state index is 0.109. The third-order valence-corrected chi connectivity index (χ3v) is 8.11. The number of benzene rings is 6. The van der Waals surface area contributed by atoms with Crippen molar-refractivity contribution in [2.45, 2.75) is 0 Å². The van der Waals surface area contributed by atoms with E-state index < -0.39 is 69.3 Å². The zero-order valence-electron chi connectivity index (χ0n) is 24.4. The second kappa shape index (κ2) is 11.2. The van der Waals surface area contributed by atoms with E-state index in [1.165, 1.54) is 48.5 Å². The van der Waals surface area contributed by atoms with Crippen LogP contribution in [0.2, 0.25) is 0 Å². The van der Waals surface area contributed by atoms with Crippen LogP contribution in [0.3, 0.4) is 0 Å². The molecule has 0 saturated carbocycles. The zero-order valence-corrected chi connectivity index (χ0v) is 24.4. The number of oxazole rings is 2. The van der Waals surface area contributed by atoms with Gasteiger partial charge in [-0.05, 0) is 70.4 Å². The molecule has 14 heteroatoms. The second-order valence-electron chi connectivity index (χ2n) is 11.1. The number of hydrogen-bond donors (Lipinski definition) is 0. The maximum Gasteiger partial charge on any atom is 0.227 e. The van der Waals surface area contributed by atoms with E-state index in [-0.39, 0.29) is 22.9 Å². The van der Waals surface area contributed by atoms with Gasteiger partial charge in [-0.2, -0.15) is 0 Å². The van der Waals surface area contributed by atoms with E-state index in [1.807, 2.05) is 0 Å². The van der Waals surface area contributed by atoms with Crippen molar-refractivity contribution in [1.82, 2.24) is 9.97 Å². The van der Waals surface area contributed by atoms with Gasteiger partial charge < -0.3 is 8.83 Å². The average Bonchev–Trinajstić information content (AvgIpc) is 3.74. The summed E-state index contributed by atoms with van der Waals surface area (Å²) >= 11 is 0. The molecule has 0 aliphatic rings. The fourth-order valence-corrected chi connectivity index (χ4v) is 5.62. The van der Waals surface area contributed by atoms with E-state index in [1.54, 1.807) is 24.3 Å². The van der Waals surface area contributed by atoms with Crippen LogP contribution in [-0.2, 0) is 0 Å². The molecular weight excluding hydrogens is 682 g/mol. The number of halogens is 10. The van der Waals surface area contributed by atoms with E-state index in [0.717, 1.165) is 0 Å². The van der Waals surface area contributed by atoms with Gasteiger partial charge in [0.1, 0.15) is 11.0 Å². The fourth-order valence-electron chi connectivity index (χ4n) is 5.62. The van der Waals surface area contributed by atoms with Crippen molar-refractivity contribution in [1.29, 1.82) is 0 Å². The first-order valence-electron chi connectivity index (χ1n) is 14.3. The summed E-state index contributed by atoms with van der Waals surface area (Å²) in [5.74, 6) is -20.4. The van der Waals surface area contributed by atoms with E-state index in [0.29, 0.717) is 44.1 Å². The molecule has 0 fully saturated rings. The van der Waals surface area contributed by atoms with Crippen molar-refractivity contribution in [3.05, 3.63) is 131 Å². The lowest BCUT2D eigenvalue weighted by molar-refractivity contribution is 0.381. The highest BCUT2D eigenvalue weighted by Gasteiger charge is 2.28. The summed E-state index contributed by atoms with van der Waals surface area (Å²) in [4.78, 5) is 8.91. The Bertz CT molecular complexity index is 2390. The molecule has 50 heavy (non-hydrogen) atoms. The molecule has 0 radical (unpaired) electrons. The molecule has 4 nitrogen and oxygen atoms in total. The number of nitrogens with zero attached hydrogens (tertiary/aromatic N) is 2. The van der Waals surface area contributed by atoms with Gasteiger partial charge in [-0.1, -0.05) is 24.3 Å². The lowest BCUT2D eigenvalue weighted by Crippen LogP contribution is -2.03. The van der Waals surface area contributed by atoms with Crippen molar-refractivity contribution in [2.75, 3.05) is 0 Å². The molecule has 0 atom stereocenters. The topological polar surface area (TPSA) is 52.1 Å². The van der Waals surface area contributed by atoms with Crippen molar-refractivity contribution < 1.29 is 52.7 Å². The van der Waals surface area contributed by atoms with Gasteiger partial charge >= 0.3 is 0 Å². The molecule has 2 heterocycles. The summed E-state index contributed by atoms with van der Waals surface area (Å²) in [6.45, 7) is 0. The quantitative estimate of drug-likeness (QED) is 0.105. The van der Waals surface area contributed by atoms with Crippen LogP contribution in [0.15, 0.2) is 81.6 Å². The lowest BCUT2D eigenvalue weighted by atomic mass is 10.0. The Labute approximate surface area is 271 Å². The molecule has 0 aliphatic heterocycles. The van der Waals surface area contributed by atoms with Gasteiger partial charge in [0.2, 0.25) is 23.4 Å². The maximum atomic E-state index is 14.3. The Hall–Kier alpha value is -6.18. The van der Waals surface area contributed by atoms with Crippen LogP contribution in [-0.4, -0.2) is 9.97 Å². The van der Waals surface area contributed by atoms with Crippen LogP contribution in [0, 0.1) is 58.2 Å². The van der Waals surface area contributed by atoms with Gasteiger partial charge in [-0.15, -0.1) is 0 Å². The average molecular weight is 694 g/mol. The molecule has 8 rings (SSSR count). The molecule has 0 amide bonds. The highest BCUT2D eigenvalue weighted by molar-refractivity contribution is 6.01.